The molecule has 1 aliphatic heterocycles. The maximum atomic E-state index is 9.49. The summed E-state index contributed by atoms with van der Waals surface area (Å²) in [7, 11) is 0. The van der Waals surface area contributed by atoms with Crippen molar-refractivity contribution in [1.29, 1.82) is 0 Å². The second-order valence-corrected chi connectivity index (χ2v) is 6.50. The Kier molecular flexibility index (Phi) is 4.87. The molecule has 0 aromatic carbocycles. The van der Waals surface area contributed by atoms with Crippen LogP contribution in [-0.2, 0) is 6.54 Å². The van der Waals surface area contributed by atoms with Gasteiger partial charge in [-0.15, -0.1) is 0 Å². The van der Waals surface area contributed by atoms with Crippen molar-refractivity contribution in [2.75, 3.05) is 13.2 Å². The highest BCUT2D eigenvalue weighted by molar-refractivity contribution is 7.80. The van der Waals surface area contributed by atoms with Gasteiger partial charge in [-0.25, -0.2) is 0 Å². The summed E-state index contributed by atoms with van der Waals surface area (Å²) >= 11 is 5.54. The third-order valence-electron chi connectivity index (χ3n) is 4.79. The number of pyridine rings is 1. The summed E-state index contributed by atoms with van der Waals surface area (Å²) in [6, 6.07) is 8.19. The van der Waals surface area contributed by atoms with Crippen LogP contribution in [0.2, 0.25) is 0 Å². The van der Waals surface area contributed by atoms with Gasteiger partial charge >= 0.3 is 0 Å². The van der Waals surface area contributed by atoms with Crippen LogP contribution < -0.4 is 5.32 Å². The second-order valence-electron chi connectivity index (χ2n) is 6.11. The number of aryl methyl sites for hydroxylation is 1. The number of aliphatic hydroxyl groups is 1. The lowest BCUT2D eigenvalue weighted by Gasteiger charge is -2.27. The smallest absolute Gasteiger partial charge is 0.170 e. The molecule has 3 rings (SSSR count). The van der Waals surface area contributed by atoms with Crippen LogP contribution in [0.3, 0.4) is 0 Å². The second kappa shape index (κ2) is 6.91. The van der Waals surface area contributed by atoms with Gasteiger partial charge in [-0.1, -0.05) is 6.07 Å². The van der Waals surface area contributed by atoms with Crippen molar-refractivity contribution in [3.63, 3.8) is 0 Å². The van der Waals surface area contributed by atoms with E-state index in [2.05, 4.69) is 46.6 Å². The Morgan fingerprint density at radius 3 is 2.71 bits per heavy atom. The molecule has 6 heteroatoms. The Morgan fingerprint density at radius 2 is 2.12 bits per heavy atom. The molecule has 128 valence electrons. The van der Waals surface area contributed by atoms with Crippen LogP contribution in [0.5, 0.6) is 0 Å². The number of thiocarbonyl (C=S) groups is 1. The summed E-state index contributed by atoms with van der Waals surface area (Å²) < 4.78 is 2.31. The van der Waals surface area contributed by atoms with Gasteiger partial charge in [0, 0.05) is 30.7 Å². The van der Waals surface area contributed by atoms with E-state index in [1.807, 2.05) is 18.2 Å². The van der Waals surface area contributed by atoms with Crippen molar-refractivity contribution in [1.82, 2.24) is 19.8 Å². The van der Waals surface area contributed by atoms with E-state index in [0.29, 0.717) is 11.7 Å². The molecule has 0 aliphatic carbocycles. The van der Waals surface area contributed by atoms with E-state index in [1.54, 1.807) is 6.20 Å². The van der Waals surface area contributed by atoms with Crippen molar-refractivity contribution < 1.29 is 5.11 Å². The molecule has 2 aromatic rings. The standard InChI is InChI=1S/C18H24N4OS/c1-4-21-12(2)11-14(13(21)3)17-16(15-7-5-6-8-19-15)20-18(24)22(17)9-10-23/h5-8,11,16-17,23H,4,9-10H2,1-3H3,(H,20,24)/t16-,17+/m1/s1. The Bertz CT molecular complexity index is 728. The molecule has 1 saturated heterocycles. The monoisotopic (exact) mass is 344 g/mol. The van der Waals surface area contributed by atoms with Gasteiger partial charge in [-0.3, -0.25) is 4.98 Å². The Balaban J connectivity index is 2.09. The summed E-state index contributed by atoms with van der Waals surface area (Å²) in [6.45, 7) is 7.96. The lowest BCUT2D eigenvalue weighted by Crippen LogP contribution is -2.32. The first-order valence-electron chi connectivity index (χ1n) is 8.34. The van der Waals surface area contributed by atoms with Gasteiger partial charge in [0.05, 0.1) is 24.4 Å². The van der Waals surface area contributed by atoms with Crippen LogP contribution in [-0.4, -0.2) is 37.8 Å². The minimum absolute atomic E-state index is 0.0175. The average Bonchev–Trinajstić information content (AvgIpc) is 3.05. The van der Waals surface area contributed by atoms with Gasteiger partial charge in [0.15, 0.2) is 5.11 Å². The number of aliphatic hydroxyl groups excluding tert-OH is 1. The summed E-state index contributed by atoms with van der Waals surface area (Å²) in [5.74, 6) is 0. The van der Waals surface area contributed by atoms with E-state index in [4.69, 9.17) is 12.2 Å². The molecule has 2 aromatic heterocycles. The Labute approximate surface area is 148 Å². The quantitative estimate of drug-likeness (QED) is 0.816. The largest absolute Gasteiger partial charge is 0.395 e. The van der Waals surface area contributed by atoms with E-state index < -0.39 is 0 Å². The van der Waals surface area contributed by atoms with Gasteiger partial charge in [0.25, 0.3) is 0 Å². The molecule has 5 nitrogen and oxygen atoms in total. The van der Waals surface area contributed by atoms with Crippen LogP contribution in [0.1, 0.15) is 41.7 Å². The SMILES string of the molecule is CCn1c(C)cc([C@H]2[C@@H](c3ccccn3)NC(=S)N2CCO)c1C. The maximum Gasteiger partial charge on any atom is 0.170 e. The molecule has 24 heavy (non-hydrogen) atoms. The normalized spacial score (nSPS) is 20.5. The first-order valence-corrected chi connectivity index (χ1v) is 8.74. The molecule has 0 radical (unpaired) electrons. The van der Waals surface area contributed by atoms with E-state index in [9.17, 15) is 5.11 Å². The molecule has 0 saturated carbocycles. The fraction of sp³-hybridized carbons (Fsp3) is 0.444. The number of nitrogens with one attached hydrogen (secondary N) is 1. The van der Waals surface area contributed by atoms with Crippen molar-refractivity contribution in [3.8, 4) is 0 Å². The van der Waals surface area contributed by atoms with Gasteiger partial charge in [0.2, 0.25) is 0 Å². The lowest BCUT2D eigenvalue weighted by atomic mass is 9.97. The molecule has 1 aliphatic rings. The first kappa shape index (κ1) is 16.9. The topological polar surface area (TPSA) is 53.3 Å². The molecular formula is C18H24N4OS. The van der Waals surface area contributed by atoms with Gasteiger partial charge < -0.3 is 19.9 Å². The summed E-state index contributed by atoms with van der Waals surface area (Å²) in [5, 5.41) is 13.6. The van der Waals surface area contributed by atoms with Crippen LogP contribution in [0.25, 0.3) is 0 Å². The summed E-state index contributed by atoms with van der Waals surface area (Å²) in [4.78, 5) is 6.61. The van der Waals surface area contributed by atoms with Crippen molar-refractivity contribution >= 4 is 17.3 Å². The number of nitrogens with zero attached hydrogens (tertiary/aromatic N) is 3. The average molecular weight is 344 g/mol. The minimum Gasteiger partial charge on any atom is -0.395 e. The van der Waals surface area contributed by atoms with Crippen molar-refractivity contribution in [3.05, 3.63) is 53.1 Å². The lowest BCUT2D eigenvalue weighted by molar-refractivity contribution is 0.222. The van der Waals surface area contributed by atoms with E-state index >= 15 is 0 Å². The predicted octanol–water partition coefficient (Wildman–Crippen LogP) is 2.48. The number of aromatic nitrogens is 2. The summed E-state index contributed by atoms with van der Waals surface area (Å²) in [5.41, 5.74) is 4.69. The minimum atomic E-state index is -0.0175. The molecule has 0 spiro atoms. The first-order chi connectivity index (χ1) is 11.6. The molecule has 0 amide bonds. The maximum absolute atomic E-state index is 9.49. The highest BCUT2D eigenvalue weighted by Crippen LogP contribution is 2.40. The molecule has 2 atom stereocenters. The molecular weight excluding hydrogens is 320 g/mol. The van der Waals surface area contributed by atoms with Crippen LogP contribution in [0.15, 0.2) is 30.5 Å². The van der Waals surface area contributed by atoms with Crippen LogP contribution >= 0.6 is 12.2 Å². The van der Waals surface area contributed by atoms with E-state index in [0.717, 1.165) is 12.2 Å². The number of rotatable bonds is 5. The van der Waals surface area contributed by atoms with Gasteiger partial charge in [-0.05, 0) is 56.8 Å². The fourth-order valence-electron chi connectivity index (χ4n) is 3.71. The van der Waals surface area contributed by atoms with Crippen molar-refractivity contribution in [2.45, 2.75) is 39.4 Å². The van der Waals surface area contributed by atoms with Gasteiger partial charge in [0.1, 0.15) is 0 Å². The Morgan fingerprint density at radius 1 is 1.33 bits per heavy atom. The Hall–Kier alpha value is -1.92. The number of hydrogen-bond donors (Lipinski definition) is 2. The summed E-state index contributed by atoms with van der Waals surface area (Å²) in [6.07, 6.45) is 1.81. The highest BCUT2D eigenvalue weighted by atomic mass is 32.1. The molecule has 2 N–H and O–H groups in total. The third kappa shape index (κ3) is 2.80. The predicted molar refractivity (Wildman–Crippen MR) is 98.8 cm³/mol. The zero-order chi connectivity index (χ0) is 17.3. The zero-order valence-electron chi connectivity index (χ0n) is 14.4. The molecule has 1 fully saturated rings. The fourth-order valence-corrected chi connectivity index (χ4v) is 4.04. The molecule has 0 unspecified atom stereocenters. The number of β-amino-alcohol motifs (C(OH)–C–C–N with tert-alkyl or cyclic N) is 1. The molecule has 3 heterocycles. The zero-order valence-corrected chi connectivity index (χ0v) is 15.2. The third-order valence-corrected chi connectivity index (χ3v) is 5.14. The number of hydrogen-bond acceptors (Lipinski definition) is 3. The highest BCUT2D eigenvalue weighted by Gasteiger charge is 2.40. The molecule has 0 bridgehead atoms. The van der Waals surface area contributed by atoms with Gasteiger partial charge in [-0.2, -0.15) is 0 Å². The van der Waals surface area contributed by atoms with E-state index in [1.165, 1.54) is 17.0 Å². The van der Waals surface area contributed by atoms with E-state index in [-0.39, 0.29) is 18.7 Å². The van der Waals surface area contributed by atoms with Crippen LogP contribution in [0.4, 0.5) is 0 Å². The van der Waals surface area contributed by atoms with Crippen LogP contribution in [0, 0.1) is 13.8 Å². The van der Waals surface area contributed by atoms with Crippen molar-refractivity contribution in [2.24, 2.45) is 0 Å².